The van der Waals surface area contributed by atoms with Crippen LogP contribution in [0, 0.1) is 39.4 Å². The van der Waals surface area contributed by atoms with Gasteiger partial charge in [0.1, 0.15) is 97.2 Å². The normalized spacial score (nSPS) is 46.6. The minimum atomic E-state index is -5.26. The molecule has 10 N–H and O–H groups in total. The second kappa shape index (κ2) is 26.7. The summed E-state index contributed by atoms with van der Waals surface area (Å²) in [6.07, 6.45) is -30.7. The number of allylic oxidation sites excluding steroid dienone is 3. The summed E-state index contributed by atoms with van der Waals surface area (Å²) in [6.45, 7) is 16.1. The molecule has 0 aromatic heterocycles. The fraction of sp³-hybridized carbons (Fsp3) is 0.893. The highest BCUT2D eigenvalue weighted by Gasteiger charge is 2.79. The monoisotopic (exact) mass is 1370 g/mol. The van der Waals surface area contributed by atoms with Gasteiger partial charge in [0, 0.05) is 19.4 Å². The Kier molecular flexibility index (Phi) is 21.3. The Labute approximate surface area is 527 Å². The minimum absolute atomic E-state index is 0.0194. The minimum Gasteiger partial charge on any atom is -0.462 e. The number of cyclic esters (lactones) is 1. The van der Waals surface area contributed by atoms with Crippen LogP contribution < -0.4 is 0 Å². The zero-order valence-electron chi connectivity index (χ0n) is 51.8. The van der Waals surface area contributed by atoms with Crippen molar-refractivity contribution in [2.45, 2.75) is 248 Å². The third-order valence-corrected chi connectivity index (χ3v) is 22.4. The van der Waals surface area contributed by atoms with Gasteiger partial charge in [0.2, 0.25) is 0 Å². The maximum atomic E-state index is 14.7. The number of hydrogen-bond donors (Lipinski definition) is 10. The topological polar surface area (TPSA) is 468 Å². The van der Waals surface area contributed by atoms with Crippen molar-refractivity contribution in [3.8, 4) is 0 Å². The van der Waals surface area contributed by atoms with E-state index in [-0.39, 0.29) is 23.2 Å². The first kappa shape index (κ1) is 72.7. The second-order valence-electron chi connectivity index (χ2n) is 27.1. The summed E-state index contributed by atoms with van der Waals surface area (Å²) >= 11 is 0. The number of fused-ring (bicyclic) bond motifs is 4. The molecule has 9 aliphatic rings. The smallest absolute Gasteiger partial charge is 0.397 e. The molecule has 35 heteroatoms. The Morgan fingerprint density at radius 1 is 0.681 bits per heavy atom. The lowest BCUT2D eigenvalue weighted by Gasteiger charge is -2.64. The van der Waals surface area contributed by atoms with Gasteiger partial charge in [-0.3, -0.25) is 23.2 Å². The number of carbonyl (C=O) groups excluding carboxylic acids is 2. The van der Waals surface area contributed by atoms with Crippen LogP contribution in [0.4, 0.5) is 0 Å². The quantitative estimate of drug-likeness (QED) is 0.0376. The van der Waals surface area contributed by atoms with Crippen LogP contribution in [-0.2, 0) is 105 Å². The van der Waals surface area contributed by atoms with E-state index in [2.05, 4.69) is 34.9 Å². The van der Waals surface area contributed by atoms with Crippen molar-refractivity contribution in [2.24, 2.45) is 39.4 Å². The van der Waals surface area contributed by atoms with Crippen LogP contribution in [0.25, 0.3) is 0 Å². The molecule has 4 aliphatic carbocycles. The lowest BCUT2D eigenvalue weighted by atomic mass is 9.41. The van der Waals surface area contributed by atoms with E-state index in [4.69, 9.17) is 60.8 Å². The fourth-order valence-corrected chi connectivity index (χ4v) is 18.0. The van der Waals surface area contributed by atoms with Gasteiger partial charge < -0.3 is 87.9 Å². The van der Waals surface area contributed by atoms with Crippen LogP contribution in [0.15, 0.2) is 23.8 Å². The summed E-state index contributed by atoms with van der Waals surface area (Å²) in [5.74, 6) is -1.22. The molecule has 32 nitrogen and oxygen atoms in total. The predicted octanol–water partition coefficient (Wildman–Crippen LogP) is -0.365. The van der Waals surface area contributed by atoms with Gasteiger partial charge in [0.05, 0.1) is 43.4 Å². The molecule has 0 amide bonds. The molecule has 8 fully saturated rings. The zero-order chi connectivity index (χ0) is 67.3. The Bertz CT molecular complexity index is 3040. The van der Waals surface area contributed by atoms with E-state index in [0.29, 0.717) is 44.9 Å². The number of aliphatic hydroxyl groups is 7. The third-order valence-electron chi connectivity index (χ3n) is 21.0. The van der Waals surface area contributed by atoms with Crippen molar-refractivity contribution < 1.29 is 149 Å². The number of aliphatic hydroxyl groups excluding tert-OH is 7. The molecule has 0 unspecified atom stereocenters. The summed E-state index contributed by atoms with van der Waals surface area (Å²) in [4.78, 5) is 27.5. The van der Waals surface area contributed by atoms with Crippen molar-refractivity contribution in [2.75, 3.05) is 26.9 Å². The van der Waals surface area contributed by atoms with Gasteiger partial charge in [-0.1, -0.05) is 44.9 Å². The molecule has 28 atom stereocenters. The van der Waals surface area contributed by atoms with Crippen LogP contribution in [-0.4, -0.2) is 248 Å². The van der Waals surface area contributed by atoms with Gasteiger partial charge in [-0.2, -0.15) is 25.3 Å². The number of rotatable bonds is 22. The predicted molar refractivity (Wildman–Crippen MR) is 303 cm³/mol. The van der Waals surface area contributed by atoms with Crippen LogP contribution in [0.5, 0.6) is 0 Å². The molecule has 91 heavy (non-hydrogen) atoms. The van der Waals surface area contributed by atoms with Crippen molar-refractivity contribution in [3.05, 3.63) is 23.8 Å². The van der Waals surface area contributed by atoms with Gasteiger partial charge in [0.25, 0.3) is 0 Å². The molecule has 522 valence electrons. The highest BCUT2D eigenvalue weighted by Crippen LogP contribution is 2.77. The number of ether oxygens (including phenoxy) is 11. The van der Waals surface area contributed by atoms with Gasteiger partial charge in [0.15, 0.2) is 25.2 Å². The number of esters is 2. The summed E-state index contributed by atoms with van der Waals surface area (Å²) in [7, 11) is -14.6. The zero-order valence-corrected chi connectivity index (χ0v) is 54.3. The first-order valence-corrected chi connectivity index (χ1v) is 34.3. The maximum absolute atomic E-state index is 14.7. The summed E-state index contributed by atoms with van der Waals surface area (Å²) in [6, 6.07) is 0. The number of methoxy groups -OCH3 is 1. The Morgan fingerprint density at radius 2 is 1.25 bits per heavy atom. The molecule has 5 aliphatic heterocycles. The van der Waals surface area contributed by atoms with Gasteiger partial charge >= 0.3 is 43.1 Å². The summed E-state index contributed by atoms with van der Waals surface area (Å²) < 4.78 is 178. The number of carbonyl (C=O) groups is 2. The fourth-order valence-electron chi connectivity index (χ4n) is 16.9. The van der Waals surface area contributed by atoms with Gasteiger partial charge in [-0.05, 0) is 101 Å². The Hall–Kier alpha value is -2.61. The van der Waals surface area contributed by atoms with Crippen LogP contribution in [0.1, 0.15) is 113 Å². The largest absolute Gasteiger partial charge is 0.462 e. The van der Waals surface area contributed by atoms with E-state index < -0.39 is 214 Å². The molecule has 0 aromatic carbocycles. The second-order valence-corrected chi connectivity index (χ2v) is 30.3. The average Bonchev–Trinajstić information content (AvgIpc) is 1.52. The lowest BCUT2D eigenvalue weighted by Crippen LogP contribution is -2.67. The average molecular weight is 1370 g/mol. The standard InChI is InChI=1S/C56H88O32S3/c1-24(2)12-11-17-55(9)46-29(80-26(4)57)20-54(8)28-13-14-33-52(5,6)34(16-18-53(33,7)27(28)15-19-56(46,54)51(65)87-55)83-50-45(37(60)32(21-76-50)88-91(72,73)74)86-47-39(62)38(61)42(25(3)79-47)84-49-41(64)44(36(59)31(82-49)23-78-90(69,70)71)85-48-40(63)43(75-10)35(58)30(81-48)22-77-89(66,67)68/h13,25,27,29-50,58-64H,1,11-12,14-23H2,2-10H3,(H,66,67,68)(H,69,70,71)(H,72,73,74)/t25-,27-,29+,30-,31-,32-,33+,34+,35-,36-,37+,38-,39-,40-,41-,42-,43+,44+,45-,46-,47+,48+,49+,50+,53-,54+,55+,56-/m1/s1. The molecule has 9 rings (SSSR count). The van der Waals surface area contributed by atoms with Crippen LogP contribution in [0.3, 0.4) is 0 Å². The SMILES string of the molecule is C=C(C)CCC[C@]1(C)OC(=O)[C@]23CC[C@@H]4C(=CC[C@H]5C(C)(C)[C@@H](O[C@@H]6OC[C@@H](OS(=O)(=O)O)[C@H](O)[C@H]6O[C@@H]6O[C@H](C)[C@@H](O[C@@H]7O[C@H](COS(=O)(=O)O)[C@@H](O)[C@H](O[C@@H]8O[C@H](COS(=O)(=O)O)[C@@H](O)[C@H](OC)[C@H]8O)[C@H]7O)[C@H](O)[C@H]6O)CC[C@]45C)[C@]2(C)C[C@H](OC(C)=O)[C@@H]31. The highest BCUT2D eigenvalue weighted by molar-refractivity contribution is 7.81. The van der Waals surface area contributed by atoms with E-state index in [1.165, 1.54) is 13.8 Å². The van der Waals surface area contributed by atoms with E-state index >= 15 is 0 Å². The lowest BCUT2D eigenvalue weighted by molar-refractivity contribution is -0.389. The molecule has 5 heterocycles. The van der Waals surface area contributed by atoms with Crippen molar-refractivity contribution in [1.29, 1.82) is 0 Å². The van der Waals surface area contributed by atoms with Crippen LogP contribution >= 0.6 is 0 Å². The summed E-state index contributed by atoms with van der Waals surface area (Å²) in [5.41, 5.74) is -1.53. The Morgan fingerprint density at radius 3 is 1.82 bits per heavy atom. The van der Waals surface area contributed by atoms with Gasteiger partial charge in [-0.15, -0.1) is 6.58 Å². The molecule has 1 spiro atoms. The first-order chi connectivity index (χ1) is 42.1. The molecular weight excluding hydrogens is 1280 g/mol. The van der Waals surface area contributed by atoms with E-state index in [1.54, 1.807) is 0 Å². The molecule has 0 radical (unpaired) electrons. The third kappa shape index (κ3) is 14.1. The van der Waals surface area contributed by atoms with E-state index in [1.807, 2.05) is 27.7 Å². The first-order valence-electron chi connectivity index (χ1n) is 30.3. The van der Waals surface area contributed by atoms with Gasteiger partial charge in [-0.25, -0.2) is 12.5 Å². The number of hydrogen-bond acceptors (Lipinski definition) is 29. The van der Waals surface area contributed by atoms with Crippen LogP contribution in [0.2, 0.25) is 0 Å². The highest BCUT2D eigenvalue weighted by atomic mass is 32.3. The molecular formula is C56H88O32S3. The molecule has 0 aromatic rings. The molecule has 0 bridgehead atoms. The molecule has 5 saturated heterocycles. The molecule has 3 saturated carbocycles. The summed E-state index contributed by atoms with van der Waals surface area (Å²) in [5, 5.41) is 80.4. The maximum Gasteiger partial charge on any atom is 0.397 e. The van der Waals surface area contributed by atoms with Crippen molar-refractivity contribution in [1.82, 2.24) is 0 Å². The Balaban J connectivity index is 0.926. The van der Waals surface area contributed by atoms with Crippen molar-refractivity contribution in [3.63, 3.8) is 0 Å². The van der Waals surface area contributed by atoms with E-state index in [9.17, 15) is 79.7 Å². The van der Waals surface area contributed by atoms with E-state index in [0.717, 1.165) is 31.1 Å². The van der Waals surface area contributed by atoms with Crippen molar-refractivity contribution >= 4 is 43.1 Å².